The summed E-state index contributed by atoms with van der Waals surface area (Å²) in [5, 5.41) is 9.26. The molecule has 3 N–H and O–H groups in total. The molecule has 0 fully saturated rings. The van der Waals surface area contributed by atoms with Crippen LogP contribution in [0.5, 0.6) is 0 Å². The predicted octanol–water partition coefficient (Wildman–Crippen LogP) is 1.52. The van der Waals surface area contributed by atoms with Crippen molar-refractivity contribution in [2.75, 3.05) is 0 Å². The Labute approximate surface area is 110 Å². The minimum atomic E-state index is -0.971. The maximum absolute atomic E-state index is 11.3. The Hall–Kier alpha value is -2.14. The van der Waals surface area contributed by atoms with Gasteiger partial charge in [-0.25, -0.2) is 9.78 Å². The van der Waals surface area contributed by atoms with Crippen LogP contribution in [-0.2, 0) is 13.0 Å². The van der Waals surface area contributed by atoms with Crippen LogP contribution in [0.25, 0.3) is 11.4 Å². The molecule has 1 unspecified atom stereocenters. The second kappa shape index (κ2) is 4.51. The molecule has 0 bridgehead atoms. The fourth-order valence-corrected chi connectivity index (χ4v) is 2.56. The third kappa shape index (κ3) is 2.02. The molecule has 1 aliphatic rings. The van der Waals surface area contributed by atoms with E-state index in [1.54, 1.807) is 0 Å². The molecule has 1 aromatic carbocycles. The van der Waals surface area contributed by atoms with Gasteiger partial charge in [0.1, 0.15) is 5.82 Å². The Bertz CT molecular complexity index is 619. The maximum atomic E-state index is 11.3. The van der Waals surface area contributed by atoms with Crippen LogP contribution in [0.3, 0.4) is 0 Å². The molecular formula is C14H15N3O2. The van der Waals surface area contributed by atoms with Gasteiger partial charge in [0.25, 0.3) is 0 Å². The summed E-state index contributed by atoms with van der Waals surface area (Å²) in [6, 6.07) is 9.68. The van der Waals surface area contributed by atoms with Gasteiger partial charge in [-0.15, -0.1) is 0 Å². The predicted molar refractivity (Wildman–Crippen MR) is 70.9 cm³/mol. The lowest BCUT2D eigenvalue weighted by atomic mass is 10.0. The fraction of sp³-hybridized carbons (Fsp3) is 0.286. The van der Waals surface area contributed by atoms with Crippen LogP contribution >= 0.6 is 0 Å². The smallest absolute Gasteiger partial charge is 0.356 e. The van der Waals surface area contributed by atoms with Crippen LogP contribution in [0.1, 0.15) is 22.6 Å². The Kier molecular flexibility index (Phi) is 2.83. The summed E-state index contributed by atoms with van der Waals surface area (Å²) < 4.78 is 1.95. The van der Waals surface area contributed by atoms with Crippen molar-refractivity contribution in [3.8, 4) is 11.4 Å². The number of carboxylic acids is 1. The summed E-state index contributed by atoms with van der Waals surface area (Å²) in [6.07, 6.45) is 1.48. The second-order valence-electron chi connectivity index (χ2n) is 4.81. The van der Waals surface area contributed by atoms with Crippen LogP contribution in [0.2, 0.25) is 0 Å². The highest BCUT2D eigenvalue weighted by Crippen LogP contribution is 2.27. The summed E-state index contributed by atoms with van der Waals surface area (Å²) >= 11 is 0. The molecule has 0 spiro atoms. The van der Waals surface area contributed by atoms with Crippen molar-refractivity contribution < 1.29 is 9.90 Å². The standard InChI is InChI=1S/C14H15N3O2/c15-10-6-7-11-12(14(18)19)16-13(17(11)8-10)9-4-2-1-3-5-9/h1-5,10H,6-8,15H2,(H,18,19). The van der Waals surface area contributed by atoms with Crippen LogP contribution < -0.4 is 5.73 Å². The number of fused-ring (bicyclic) bond motifs is 1. The molecule has 0 aliphatic carbocycles. The van der Waals surface area contributed by atoms with E-state index in [4.69, 9.17) is 5.73 Å². The largest absolute Gasteiger partial charge is 0.476 e. The molecule has 98 valence electrons. The normalized spacial score (nSPS) is 18.1. The highest BCUT2D eigenvalue weighted by Gasteiger charge is 2.26. The molecule has 2 heterocycles. The number of aromatic nitrogens is 2. The number of nitrogens with zero attached hydrogens (tertiary/aromatic N) is 2. The average Bonchev–Trinajstić information content (AvgIpc) is 2.78. The van der Waals surface area contributed by atoms with E-state index in [0.29, 0.717) is 18.8 Å². The first-order valence-corrected chi connectivity index (χ1v) is 6.30. The van der Waals surface area contributed by atoms with Gasteiger partial charge in [-0.1, -0.05) is 30.3 Å². The zero-order valence-corrected chi connectivity index (χ0v) is 10.4. The number of aromatic carboxylic acids is 1. The molecule has 3 rings (SSSR count). The number of benzene rings is 1. The van der Waals surface area contributed by atoms with Gasteiger partial charge in [-0.2, -0.15) is 0 Å². The summed E-state index contributed by atoms with van der Waals surface area (Å²) in [6.45, 7) is 0.625. The van der Waals surface area contributed by atoms with E-state index in [9.17, 15) is 9.90 Å². The van der Waals surface area contributed by atoms with E-state index >= 15 is 0 Å². The van der Waals surface area contributed by atoms with Crippen molar-refractivity contribution in [1.82, 2.24) is 9.55 Å². The van der Waals surface area contributed by atoms with Crippen molar-refractivity contribution >= 4 is 5.97 Å². The molecule has 2 aromatic rings. The molecular weight excluding hydrogens is 242 g/mol. The zero-order chi connectivity index (χ0) is 13.4. The van der Waals surface area contributed by atoms with Crippen molar-refractivity contribution in [1.29, 1.82) is 0 Å². The molecule has 5 nitrogen and oxygen atoms in total. The van der Waals surface area contributed by atoms with Gasteiger partial charge in [-0.3, -0.25) is 0 Å². The second-order valence-corrected chi connectivity index (χ2v) is 4.81. The summed E-state index contributed by atoms with van der Waals surface area (Å²) in [7, 11) is 0. The number of carbonyl (C=O) groups is 1. The third-order valence-corrected chi connectivity index (χ3v) is 3.48. The van der Waals surface area contributed by atoms with Gasteiger partial charge in [0.15, 0.2) is 5.69 Å². The first-order valence-electron chi connectivity index (χ1n) is 6.30. The van der Waals surface area contributed by atoms with Crippen LogP contribution in [0.4, 0.5) is 0 Å². The Morgan fingerprint density at radius 3 is 2.79 bits per heavy atom. The highest BCUT2D eigenvalue weighted by molar-refractivity contribution is 5.88. The van der Waals surface area contributed by atoms with E-state index < -0.39 is 5.97 Å². The van der Waals surface area contributed by atoms with Crippen LogP contribution in [0, 0.1) is 0 Å². The highest BCUT2D eigenvalue weighted by atomic mass is 16.4. The number of hydrogen-bond acceptors (Lipinski definition) is 3. The lowest BCUT2D eigenvalue weighted by Crippen LogP contribution is -2.32. The number of hydrogen-bond donors (Lipinski definition) is 2. The van der Waals surface area contributed by atoms with Crippen molar-refractivity contribution in [2.45, 2.75) is 25.4 Å². The number of rotatable bonds is 2. The molecule has 0 saturated carbocycles. The van der Waals surface area contributed by atoms with Gasteiger partial charge in [0.05, 0.1) is 5.69 Å². The van der Waals surface area contributed by atoms with Gasteiger partial charge < -0.3 is 15.4 Å². The monoisotopic (exact) mass is 257 g/mol. The molecule has 19 heavy (non-hydrogen) atoms. The summed E-state index contributed by atoms with van der Waals surface area (Å²) in [4.78, 5) is 15.6. The molecule has 5 heteroatoms. The van der Waals surface area contributed by atoms with Crippen molar-refractivity contribution in [3.63, 3.8) is 0 Å². The van der Waals surface area contributed by atoms with Crippen molar-refractivity contribution in [3.05, 3.63) is 41.7 Å². The minimum absolute atomic E-state index is 0.0609. The SMILES string of the molecule is NC1CCc2c(C(=O)O)nc(-c3ccccc3)n2C1. The number of carboxylic acid groups (broad SMARTS) is 1. The van der Waals surface area contributed by atoms with Crippen molar-refractivity contribution in [2.24, 2.45) is 5.73 Å². The Balaban J connectivity index is 2.17. The fourth-order valence-electron chi connectivity index (χ4n) is 2.56. The molecule has 0 radical (unpaired) electrons. The van der Waals surface area contributed by atoms with Gasteiger partial charge in [0.2, 0.25) is 0 Å². The van der Waals surface area contributed by atoms with E-state index in [2.05, 4.69) is 4.98 Å². The quantitative estimate of drug-likeness (QED) is 0.854. The minimum Gasteiger partial charge on any atom is -0.476 e. The van der Waals surface area contributed by atoms with Crippen LogP contribution in [-0.4, -0.2) is 26.7 Å². The summed E-state index contributed by atoms with van der Waals surface area (Å²) in [5.41, 5.74) is 7.85. The zero-order valence-electron chi connectivity index (χ0n) is 10.4. The molecule has 1 aliphatic heterocycles. The van der Waals surface area contributed by atoms with Crippen LogP contribution in [0.15, 0.2) is 30.3 Å². The lowest BCUT2D eigenvalue weighted by molar-refractivity contribution is 0.0689. The van der Waals surface area contributed by atoms with E-state index in [1.165, 1.54) is 0 Å². The van der Waals surface area contributed by atoms with E-state index in [0.717, 1.165) is 17.7 Å². The average molecular weight is 257 g/mol. The number of nitrogens with two attached hydrogens (primary N) is 1. The van der Waals surface area contributed by atoms with Gasteiger partial charge >= 0.3 is 5.97 Å². The lowest BCUT2D eigenvalue weighted by Gasteiger charge is -2.22. The van der Waals surface area contributed by atoms with Gasteiger partial charge in [0, 0.05) is 18.2 Å². The van der Waals surface area contributed by atoms with Gasteiger partial charge in [-0.05, 0) is 12.8 Å². The Morgan fingerprint density at radius 2 is 2.11 bits per heavy atom. The number of imidazole rings is 1. The first kappa shape index (κ1) is 11.9. The Morgan fingerprint density at radius 1 is 1.37 bits per heavy atom. The summed E-state index contributed by atoms with van der Waals surface area (Å²) in [5.74, 6) is -0.274. The van der Waals surface area contributed by atoms with E-state index in [1.807, 2.05) is 34.9 Å². The topological polar surface area (TPSA) is 81.1 Å². The molecule has 1 atom stereocenters. The first-order chi connectivity index (χ1) is 9.16. The van der Waals surface area contributed by atoms with E-state index in [-0.39, 0.29) is 11.7 Å². The third-order valence-electron chi connectivity index (χ3n) is 3.48. The molecule has 0 saturated heterocycles. The molecule has 0 amide bonds. The molecule has 1 aromatic heterocycles. The maximum Gasteiger partial charge on any atom is 0.356 e.